The van der Waals surface area contributed by atoms with Crippen LogP contribution in [0.2, 0.25) is 0 Å². The van der Waals surface area contributed by atoms with Crippen LogP contribution in [0.5, 0.6) is 0 Å². The lowest BCUT2D eigenvalue weighted by Crippen LogP contribution is -2.41. The van der Waals surface area contributed by atoms with E-state index in [1.807, 2.05) is 0 Å². The molecule has 0 radical (unpaired) electrons. The lowest BCUT2D eigenvalue weighted by atomic mass is 9.86. The Morgan fingerprint density at radius 1 is 1.45 bits per heavy atom. The van der Waals surface area contributed by atoms with E-state index in [9.17, 15) is 9.59 Å². The number of hydrogen-bond donors (Lipinski definition) is 2. The quantitative estimate of drug-likeness (QED) is 0.623. The Bertz CT molecular complexity index is 559. The molecule has 0 bridgehead atoms. The van der Waals surface area contributed by atoms with Gasteiger partial charge in [0, 0.05) is 17.8 Å². The number of nitrogens with zero attached hydrogens (tertiary/aromatic N) is 1. The smallest absolute Gasteiger partial charge is 0.251 e. The van der Waals surface area contributed by atoms with Crippen molar-refractivity contribution < 1.29 is 4.79 Å². The van der Waals surface area contributed by atoms with Crippen LogP contribution in [0.1, 0.15) is 51.6 Å². The van der Waals surface area contributed by atoms with Gasteiger partial charge in [0.25, 0.3) is 5.56 Å². The number of amides is 1. The minimum atomic E-state index is -0.151. The second-order valence-electron chi connectivity index (χ2n) is 6.02. The van der Waals surface area contributed by atoms with E-state index in [0.717, 1.165) is 25.0 Å². The van der Waals surface area contributed by atoms with Crippen molar-refractivity contribution in [1.82, 2.24) is 15.3 Å². The third kappa shape index (κ3) is 5.16. The molecule has 2 rings (SSSR count). The zero-order valence-corrected chi connectivity index (χ0v) is 14.2. The molecule has 0 aromatic carbocycles. The summed E-state index contributed by atoms with van der Waals surface area (Å²) in [5.41, 5.74) is 0.636. The van der Waals surface area contributed by atoms with Gasteiger partial charge in [-0.3, -0.25) is 9.59 Å². The molecule has 1 amide bonds. The van der Waals surface area contributed by atoms with Crippen LogP contribution in [0.25, 0.3) is 0 Å². The van der Waals surface area contributed by atoms with Gasteiger partial charge in [-0.25, -0.2) is 4.98 Å². The maximum absolute atomic E-state index is 12.1. The van der Waals surface area contributed by atoms with Gasteiger partial charge in [0.2, 0.25) is 5.91 Å². The van der Waals surface area contributed by atoms with Gasteiger partial charge in [-0.1, -0.05) is 44.9 Å². The molecule has 0 unspecified atom stereocenters. The molecule has 2 N–H and O–H groups in total. The van der Waals surface area contributed by atoms with Crippen molar-refractivity contribution >= 4 is 17.7 Å². The summed E-state index contributed by atoms with van der Waals surface area (Å²) in [6.07, 6.45) is 6.43. The number of carbonyl (C=O) groups excluding carboxylic acids is 1. The molecule has 122 valence electrons. The molecule has 1 heterocycles. The zero-order valence-electron chi connectivity index (χ0n) is 13.4. The number of H-pyrrole nitrogens is 1. The Kier molecular flexibility index (Phi) is 6.49. The fraction of sp³-hybridized carbons (Fsp3) is 0.688. The normalized spacial score (nSPS) is 21.5. The number of aromatic nitrogens is 2. The van der Waals surface area contributed by atoms with Crippen molar-refractivity contribution in [1.29, 1.82) is 0 Å². The number of hydrogen-bond acceptors (Lipinski definition) is 4. The maximum atomic E-state index is 12.1. The first-order valence-corrected chi connectivity index (χ1v) is 9.09. The van der Waals surface area contributed by atoms with Crippen LogP contribution in [0.4, 0.5) is 0 Å². The van der Waals surface area contributed by atoms with Gasteiger partial charge in [0.1, 0.15) is 0 Å². The summed E-state index contributed by atoms with van der Waals surface area (Å²) >= 11 is 1.29. The van der Waals surface area contributed by atoms with Crippen molar-refractivity contribution in [2.75, 3.05) is 5.75 Å². The molecule has 6 heteroatoms. The van der Waals surface area contributed by atoms with Crippen LogP contribution in [-0.4, -0.2) is 27.7 Å². The van der Waals surface area contributed by atoms with Gasteiger partial charge < -0.3 is 10.3 Å². The summed E-state index contributed by atoms with van der Waals surface area (Å²) in [5.74, 6) is 0.864. The second-order valence-corrected chi connectivity index (χ2v) is 6.98. The number of aryl methyl sites for hydroxylation is 1. The molecule has 1 aromatic heterocycles. The largest absolute Gasteiger partial charge is 0.352 e. The minimum Gasteiger partial charge on any atom is -0.352 e. The van der Waals surface area contributed by atoms with Crippen molar-refractivity contribution in [3.05, 3.63) is 22.1 Å². The molecule has 1 saturated carbocycles. The molecule has 2 atom stereocenters. The van der Waals surface area contributed by atoms with Crippen LogP contribution in [-0.2, 0) is 11.2 Å². The molecule has 1 fully saturated rings. The average Bonchev–Trinajstić information content (AvgIpc) is 2.47. The molecule has 22 heavy (non-hydrogen) atoms. The Hall–Kier alpha value is -1.30. The van der Waals surface area contributed by atoms with E-state index in [1.54, 1.807) is 0 Å². The van der Waals surface area contributed by atoms with Crippen LogP contribution in [0, 0.1) is 5.92 Å². The van der Waals surface area contributed by atoms with Gasteiger partial charge in [-0.2, -0.15) is 0 Å². The molecular weight excluding hydrogens is 298 g/mol. The molecular formula is C16H25N3O2S. The highest BCUT2D eigenvalue weighted by Crippen LogP contribution is 2.23. The standard InChI is InChI=1S/C16H25N3O2S/c1-3-6-12-9-14(20)19-16(17-12)22-10-15(21)18-13-8-5-4-7-11(13)2/h9,11,13H,3-8,10H2,1-2H3,(H,18,21)(H,17,19,20)/t11-,13-/m0/s1. The van der Waals surface area contributed by atoms with Crippen molar-refractivity contribution in [3.63, 3.8) is 0 Å². The monoisotopic (exact) mass is 323 g/mol. The summed E-state index contributed by atoms with van der Waals surface area (Å²) in [6.45, 7) is 4.25. The first kappa shape index (κ1) is 17.1. The second kappa shape index (κ2) is 8.36. The van der Waals surface area contributed by atoms with Crippen molar-refractivity contribution in [2.24, 2.45) is 5.92 Å². The molecule has 0 aliphatic heterocycles. The summed E-state index contributed by atoms with van der Waals surface area (Å²) in [6, 6.07) is 1.82. The van der Waals surface area contributed by atoms with E-state index in [1.165, 1.54) is 37.1 Å². The highest BCUT2D eigenvalue weighted by Gasteiger charge is 2.22. The highest BCUT2D eigenvalue weighted by molar-refractivity contribution is 7.99. The maximum Gasteiger partial charge on any atom is 0.251 e. The van der Waals surface area contributed by atoms with Gasteiger partial charge in [-0.15, -0.1) is 0 Å². The summed E-state index contributed by atoms with van der Waals surface area (Å²) in [5, 5.41) is 3.64. The van der Waals surface area contributed by atoms with Crippen LogP contribution < -0.4 is 10.9 Å². The van der Waals surface area contributed by atoms with E-state index in [2.05, 4.69) is 29.1 Å². The van der Waals surface area contributed by atoms with Crippen LogP contribution >= 0.6 is 11.8 Å². The van der Waals surface area contributed by atoms with Crippen molar-refractivity contribution in [3.8, 4) is 0 Å². The van der Waals surface area contributed by atoms with Crippen molar-refractivity contribution in [2.45, 2.75) is 63.6 Å². The van der Waals surface area contributed by atoms with Gasteiger partial charge in [-0.05, 0) is 25.2 Å². The van der Waals surface area contributed by atoms with Crippen LogP contribution in [0.3, 0.4) is 0 Å². The summed E-state index contributed by atoms with van der Waals surface area (Å²) in [7, 11) is 0. The number of carbonyl (C=O) groups is 1. The lowest BCUT2D eigenvalue weighted by molar-refractivity contribution is -0.119. The molecule has 1 aromatic rings. The van der Waals surface area contributed by atoms with E-state index < -0.39 is 0 Å². The van der Waals surface area contributed by atoms with E-state index >= 15 is 0 Å². The average molecular weight is 323 g/mol. The SMILES string of the molecule is CCCc1cc(=O)[nH]c(SCC(=O)N[C@H]2CCCC[C@@H]2C)n1. The summed E-state index contributed by atoms with van der Waals surface area (Å²) < 4.78 is 0. The Morgan fingerprint density at radius 3 is 2.95 bits per heavy atom. The first-order valence-electron chi connectivity index (χ1n) is 8.11. The predicted octanol–water partition coefficient (Wildman–Crippen LogP) is 2.51. The Balaban J connectivity index is 1.86. The first-order chi connectivity index (χ1) is 10.6. The number of aromatic amines is 1. The molecule has 1 aliphatic carbocycles. The van der Waals surface area contributed by atoms with E-state index in [4.69, 9.17) is 0 Å². The Labute approximate surface area is 135 Å². The molecule has 5 nitrogen and oxygen atoms in total. The fourth-order valence-electron chi connectivity index (χ4n) is 2.85. The van der Waals surface area contributed by atoms with Gasteiger partial charge >= 0.3 is 0 Å². The van der Waals surface area contributed by atoms with Crippen LogP contribution in [0.15, 0.2) is 16.0 Å². The number of thioether (sulfide) groups is 1. The number of nitrogens with one attached hydrogen (secondary N) is 2. The number of rotatable bonds is 6. The molecule has 0 saturated heterocycles. The third-order valence-corrected chi connectivity index (χ3v) is 4.95. The Morgan fingerprint density at radius 2 is 2.23 bits per heavy atom. The third-order valence-electron chi connectivity index (χ3n) is 4.08. The highest BCUT2D eigenvalue weighted by atomic mass is 32.2. The summed E-state index contributed by atoms with van der Waals surface area (Å²) in [4.78, 5) is 30.7. The lowest BCUT2D eigenvalue weighted by Gasteiger charge is -2.29. The zero-order chi connectivity index (χ0) is 15.9. The van der Waals surface area contributed by atoms with Gasteiger partial charge in [0.15, 0.2) is 5.16 Å². The fourth-order valence-corrected chi connectivity index (χ4v) is 3.55. The van der Waals surface area contributed by atoms with E-state index in [-0.39, 0.29) is 11.5 Å². The topological polar surface area (TPSA) is 74.8 Å². The predicted molar refractivity (Wildman–Crippen MR) is 89.1 cm³/mol. The minimum absolute atomic E-state index is 0.0206. The molecule has 0 spiro atoms. The van der Waals surface area contributed by atoms with Gasteiger partial charge in [0.05, 0.1) is 5.75 Å². The molecule has 1 aliphatic rings. The van der Waals surface area contributed by atoms with E-state index in [0.29, 0.717) is 22.9 Å².